The number of nitrogens with one attached hydrogen (secondary N) is 1. The van der Waals surface area contributed by atoms with E-state index >= 15 is 0 Å². The second kappa shape index (κ2) is 11.7. The van der Waals surface area contributed by atoms with Crippen molar-refractivity contribution in [2.45, 2.75) is 52.5 Å². The topological polar surface area (TPSA) is 56.2 Å². The molecule has 34 heavy (non-hydrogen) atoms. The highest BCUT2D eigenvalue weighted by Crippen LogP contribution is 2.21. The molecule has 1 N–H and O–H groups in total. The number of fused-ring (bicyclic) bond motifs is 2. The Morgan fingerprint density at radius 1 is 0.971 bits per heavy atom. The number of hydrogen-bond donors (Lipinski definition) is 1. The van der Waals surface area contributed by atoms with Crippen LogP contribution in [0.2, 0.25) is 0 Å². The van der Waals surface area contributed by atoms with Crippen LogP contribution in [0.15, 0.2) is 66.7 Å². The minimum Gasteiger partial charge on any atom is -0.494 e. The molecule has 178 valence electrons. The first kappa shape index (κ1) is 23.8. The first-order chi connectivity index (χ1) is 16.7. The monoisotopic (exact) mass is 457 g/mol. The van der Waals surface area contributed by atoms with Crippen LogP contribution in [0, 0.1) is 5.92 Å². The molecular weight excluding hydrogens is 422 g/mol. The van der Waals surface area contributed by atoms with Gasteiger partial charge in [-0.25, -0.2) is 4.98 Å². The third-order valence-corrected chi connectivity index (χ3v) is 6.48. The number of imidazole rings is 1. The van der Waals surface area contributed by atoms with Crippen LogP contribution in [0.25, 0.3) is 21.8 Å². The van der Waals surface area contributed by atoms with E-state index in [0.717, 1.165) is 61.3 Å². The number of carbonyl (C=O) groups is 1. The molecule has 1 amide bonds. The average molecular weight is 458 g/mol. The number of amides is 1. The second-order valence-electron chi connectivity index (χ2n) is 8.79. The summed E-state index contributed by atoms with van der Waals surface area (Å²) < 4.78 is 8.36. The fraction of sp³-hybridized carbons (Fsp3) is 0.379. The molecule has 5 nitrogen and oxygen atoms in total. The van der Waals surface area contributed by atoms with E-state index < -0.39 is 0 Å². The largest absolute Gasteiger partial charge is 0.494 e. The van der Waals surface area contributed by atoms with Crippen LogP contribution in [-0.2, 0) is 17.8 Å². The number of ether oxygens (including phenoxy) is 1. The number of carbonyl (C=O) groups excluding carboxylic acids is 1. The molecule has 0 saturated carbocycles. The zero-order valence-electron chi connectivity index (χ0n) is 20.3. The summed E-state index contributed by atoms with van der Waals surface area (Å²) >= 11 is 0. The molecule has 0 spiro atoms. The molecule has 0 aliphatic carbocycles. The molecule has 3 aromatic carbocycles. The zero-order chi connectivity index (χ0) is 23.8. The molecule has 1 heterocycles. The summed E-state index contributed by atoms with van der Waals surface area (Å²) in [6, 6.07) is 22.9. The van der Waals surface area contributed by atoms with Crippen LogP contribution in [-0.4, -0.2) is 28.6 Å². The van der Waals surface area contributed by atoms with Gasteiger partial charge in [-0.15, -0.1) is 0 Å². The lowest BCUT2D eigenvalue weighted by Crippen LogP contribution is -2.31. The molecule has 0 fully saturated rings. The molecule has 4 rings (SSSR count). The Morgan fingerprint density at radius 3 is 2.56 bits per heavy atom. The number of para-hydroxylation sites is 2. The Morgan fingerprint density at radius 2 is 1.74 bits per heavy atom. The van der Waals surface area contributed by atoms with Crippen LogP contribution < -0.4 is 10.1 Å². The quantitative estimate of drug-likeness (QED) is 0.260. The van der Waals surface area contributed by atoms with Crippen LogP contribution in [0.5, 0.6) is 5.75 Å². The first-order valence-electron chi connectivity index (χ1n) is 12.5. The van der Waals surface area contributed by atoms with Gasteiger partial charge in [-0.1, -0.05) is 56.3 Å². The van der Waals surface area contributed by atoms with Crippen LogP contribution in [0.1, 0.15) is 45.4 Å². The van der Waals surface area contributed by atoms with E-state index in [1.165, 1.54) is 10.8 Å². The van der Waals surface area contributed by atoms with E-state index in [-0.39, 0.29) is 11.8 Å². The number of hydrogen-bond acceptors (Lipinski definition) is 3. The van der Waals surface area contributed by atoms with E-state index in [2.05, 4.69) is 78.3 Å². The summed E-state index contributed by atoms with van der Waals surface area (Å²) in [5.74, 6) is 2.27. The maximum absolute atomic E-state index is 12.2. The number of benzene rings is 3. The molecule has 0 bridgehead atoms. The Labute approximate surface area is 202 Å². The van der Waals surface area contributed by atoms with Gasteiger partial charge < -0.3 is 14.6 Å². The Bertz CT molecular complexity index is 1230. The maximum atomic E-state index is 12.2. The fourth-order valence-electron chi connectivity index (χ4n) is 4.50. The number of rotatable bonds is 12. The third kappa shape index (κ3) is 5.77. The van der Waals surface area contributed by atoms with Gasteiger partial charge in [0, 0.05) is 25.4 Å². The van der Waals surface area contributed by atoms with Crippen LogP contribution in [0.4, 0.5) is 0 Å². The highest BCUT2D eigenvalue weighted by atomic mass is 16.5. The number of aryl methyl sites for hydroxylation is 2. The lowest BCUT2D eigenvalue weighted by molar-refractivity contribution is -0.125. The van der Waals surface area contributed by atoms with Crippen molar-refractivity contribution in [1.82, 2.24) is 14.9 Å². The van der Waals surface area contributed by atoms with Crippen molar-refractivity contribution in [3.63, 3.8) is 0 Å². The number of aromatic nitrogens is 2. The molecule has 4 aromatic rings. The molecule has 0 unspecified atom stereocenters. The van der Waals surface area contributed by atoms with E-state index in [1.54, 1.807) is 0 Å². The summed E-state index contributed by atoms with van der Waals surface area (Å²) in [4.78, 5) is 17.1. The SMILES string of the molecule is CCC(CC)C(=O)NCCCc1nc2ccccc2n1CCCOc1ccc2ccccc2c1. The van der Waals surface area contributed by atoms with E-state index in [0.29, 0.717) is 13.2 Å². The summed E-state index contributed by atoms with van der Waals surface area (Å²) in [5, 5.41) is 5.51. The molecule has 0 saturated heterocycles. The summed E-state index contributed by atoms with van der Waals surface area (Å²) in [6.45, 7) is 6.32. The van der Waals surface area contributed by atoms with Gasteiger partial charge in [-0.05, 0) is 60.7 Å². The molecule has 0 atom stereocenters. The molecule has 0 radical (unpaired) electrons. The van der Waals surface area contributed by atoms with Crippen LogP contribution in [0.3, 0.4) is 0 Å². The van der Waals surface area contributed by atoms with E-state index in [4.69, 9.17) is 9.72 Å². The van der Waals surface area contributed by atoms with Crippen molar-refractivity contribution in [3.8, 4) is 5.75 Å². The smallest absolute Gasteiger partial charge is 0.223 e. The second-order valence-corrected chi connectivity index (χ2v) is 8.79. The predicted molar refractivity (Wildman–Crippen MR) is 139 cm³/mol. The van der Waals surface area contributed by atoms with Crippen molar-refractivity contribution in [2.75, 3.05) is 13.2 Å². The van der Waals surface area contributed by atoms with Crippen LogP contribution >= 0.6 is 0 Å². The molecule has 0 aliphatic heterocycles. The number of nitrogens with zero attached hydrogens (tertiary/aromatic N) is 2. The van der Waals surface area contributed by atoms with Gasteiger partial charge >= 0.3 is 0 Å². The minimum absolute atomic E-state index is 0.118. The van der Waals surface area contributed by atoms with Crippen molar-refractivity contribution in [2.24, 2.45) is 5.92 Å². The lowest BCUT2D eigenvalue weighted by Gasteiger charge is -2.13. The van der Waals surface area contributed by atoms with E-state index in [1.807, 2.05) is 12.1 Å². The average Bonchev–Trinajstić information content (AvgIpc) is 3.22. The van der Waals surface area contributed by atoms with Gasteiger partial charge in [0.2, 0.25) is 5.91 Å². The van der Waals surface area contributed by atoms with Gasteiger partial charge in [0.15, 0.2) is 0 Å². The lowest BCUT2D eigenvalue weighted by atomic mass is 10.0. The van der Waals surface area contributed by atoms with Crippen molar-refractivity contribution in [3.05, 3.63) is 72.6 Å². The first-order valence-corrected chi connectivity index (χ1v) is 12.5. The zero-order valence-corrected chi connectivity index (χ0v) is 20.3. The predicted octanol–water partition coefficient (Wildman–Crippen LogP) is 6.14. The molecule has 5 heteroatoms. The normalized spacial score (nSPS) is 11.4. The fourth-order valence-corrected chi connectivity index (χ4v) is 4.50. The Balaban J connectivity index is 1.33. The highest BCUT2D eigenvalue weighted by molar-refractivity contribution is 5.83. The Hall–Kier alpha value is -3.34. The molecular formula is C29H35N3O2. The summed E-state index contributed by atoms with van der Waals surface area (Å²) in [6.07, 6.45) is 4.39. The van der Waals surface area contributed by atoms with E-state index in [9.17, 15) is 4.79 Å². The highest BCUT2D eigenvalue weighted by Gasteiger charge is 2.14. The van der Waals surface area contributed by atoms with Crippen molar-refractivity contribution in [1.29, 1.82) is 0 Å². The molecule has 0 aliphatic rings. The van der Waals surface area contributed by atoms with Crippen molar-refractivity contribution >= 4 is 27.7 Å². The van der Waals surface area contributed by atoms with Gasteiger partial charge in [0.05, 0.1) is 17.6 Å². The van der Waals surface area contributed by atoms with Gasteiger partial charge in [-0.3, -0.25) is 4.79 Å². The van der Waals surface area contributed by atoms with Gasteiger partial charge in [0.1, 0.15) is 11.6 Å². The summed E-state index contributed by atoms with van der Waals surface area (Å²) in [7, 11) is 0. The standard InChI is InChI=1S/C29H35N3O2/c1-3-22(4-2)29(33)30-18-9-15-28-31-26-13-7-8-14-27(26)32(28)19-10-20-34-25-17-16-23-11-5-6-12-24(23)21-25/h5-8,11-14,16-17,21-22H,3-4,9-10,15,18-20H2,1-2H3,(H,30,33). The third-order valence-electron chi connectivity index (χ3n) is 6.48. The van der Waals surface area contributed by atoms with Gasteiger partial charge in [-0.2, -0.15) is 0 Å². The minimum atomic E-state index is 0.118. The van der Waals surface area contributed by atoms with Crippen molar-refractivity contribution < 1.29 is 9.53 Å². The Kier molecular flexibility index (Phi) is 8.18. The maximum Gasteiger partial charge on any atom is 0.223 e. The van der Waals surface area contributed by atoms with Gasteiger partial charge in [0.25, 0.3) is 0 Å². The molecule has 1 aromatic heterocycles. The summed E-state index contributed by atoms with van der Waals surface area (Å²) in [5.41, 5.74) is 2.18.